The Labute approximate surface area is 206 Å². The van der Waals surface area contributed by atoms with Crippen molar-refractivity contribution in [1.82, 2.24) is 15.0 Å². The molecule has 35 heavy (non-hydrogen) atoms. The maximum absolute atomic E-state index is 11.3. The van der Waals surface area contributed by atoms with Gasteiger partial charge in [0.2, 0.25) is 17.8 Å². The first-order chi connectivity index (χ1) is 16.9. The number of ether oxygens (including phenoxy) is 2. The molecule has 2 heterocycles. The lowest BCUT2D eigenvalue weighted by molar-refractivity contribution is -0.385. The number of nitrogens with one attached hydrogen (secondary N) is 2. The van der Waals surface area contributed by atoms with Crippen LogP contribution in [0.25, 0.3) is 0 Å². The first kappa shape index (κ1) is 24.1. The van der Waals surface area contributed by atoms with E-state index in [0.717, 1.165) is 11.3 Å². The smallest absolute Gasteiger partial charge is 0.311 e. The van der Waals surface area contributed by atoms with E-state index in [-0.39, 0.29) is 17.4 Å². The van der Waals surface area contributed by atoms with Gasteiger partial charge in [-0.1, -0.05) is 17.7 Å². The molecule has 0 spiro atoms. The summed E-state index contributed by atoms with van der Waals surface area (Å²) in [5, 5.41) is 19.2. The Morgan fingerprint density at radius 2 is 1.94 bits per heavy atom. The Balaban J connectivity index is 1.58. The molecule has 4 rings (SSSR count). The fourth-order valence-electron chi connectivity index (χ4n) is 3.27. The molecule has 3 aromatic rings. The predicted octanol–water partition coefficient (Wildman–Crippen LogP) is 3.78. The van der Waals surface area contributed by atoms with E-state index in [1.54, 1.807) is 12.1 Å². The molecular weight excluding hydrogens is 476 g/mol. The van der Waals surface area contributed by atoms with Crippen molar-refractivity contribution in [2.75, 3.05) is 49.1 Å². The molecule has 1 aromatic heterocycles. The summed E-state index contributed by atoms with van der Waals surface area (Å²) in [5.74, 6) is 1.13. The topological polar surface area (TPSA) is 140 Å². The van der Waals surface area contributed by atoms with Crippen LogP contribution in [0.2, 0.25) is 5.02 Å². The average molecular weight is 499 g/mol. The predicted molar refractivity (Wildman–Crippen MR) is 133 cm³/mol. The summed E-state index contributed by atoms with van der Waals surface area (Å²) in [7, 11) is 1.38. The quantitative estimate of drug-likeness (QED) is 0.268. The highest BCUT2D eigenvalue weighted by molar-refractivity contribution is 6.31. The molecule has 0 atom stereocenters. The van der Waals surface area contributed by atoms with E-state index in [2.05, 4.69) is 30.8 Å². The molecule has 12 nitrogen and oxygen atoms in total. The van der Waals surface area contributed by atoms with Crippen LogP contribution in [0, 0.1) is 17.0 Å². The summed E-state index contributed by atoms with van der Waals surface area (Å²) < 4.78 is 10.4. The molecule has 0 bridgehead atoms. The van der Waals surface area contributed by atoms with Crippen molar-refractivity contribution < 1.29 is 14.4 Å². The van der Waals surface area contributed by atoms with Crippen LogP contribution in [0.15, 0.2) is 41.5 Å². The lowest BCUT2D eigenvalue weighted by Crippen LogP contribution is -2.37. The number of nitro benzene ring substituents is 1. The molecule has 182 valence electrons. The highest BCUT2D eigenvalue weighted by Crippen LogP contribution is 2.27. The van der Waals surface area contributed by atoms with Crippen molar-refractivity contribution >= 4 is 47.0 Å². The number of nitro groups is 1. The molecule has 0 aliphatic carbocycles. The second-order valence-corrected chi connectivity index (χ2v) is 7.94. The second-order valence-electron chi connectivity index (χ2n) is 7.53. The Morgan fingerprint density at radius 1 is 1.17 bits per heavy atom. The summed E-state index contributed by atoms with van der Waals surface area (Å²) in [4.78, 5) is 26.1. The number of rotatable bonds is 8. The molecular formula is C22H23ClN8O4. The van der Waals surface area contributed by atoms with Crippen molar-refractivity contribution in [1.29, 1.82) is 0 Å². The van der Waals surface area contributed by atoms with E-state index in [1.165, 1.54) is 25.5 Å². The van der Waals surface area contributed by atoms with Gasteiger partial charge < -0.3 is 19.7 Å². The largest absolute Gasteiger partial charge is 0.490 e. The number of methoxy groups -OCH3 is 1. The van der Waals surface area contributed by atoms with Gasteiger partial charge in [-0.15, -0.1) is 0 Å². The summed E-state index contributed by atoms with van der Waals surface area (Å²) in [6.07, 6.45) is 1.43. The number of anilines is 4. The van der Waals surface area contributed by atoms with Crippen LogP contribution in [-0.4, -0.2) is 59.5 Å². The highest BCUT2D eigenvalue weighted by atomic mass is 35.5. The fourth-order valence-corrected chi connectivity index (χ4v) is 3.45. The highest BCUT2D eigenvalue weighted by Gasteiger charge is 2.17. The molecule has 1 fully saturated rings. The lowest BCUT2D eigenvalue weighted by Gasteiger charge is -2.27. The van der Waals surface area contributed by atoms with E-state index >= 15 is 0 Å². The standard InChI is InChI=1S/C22H23ClN8O4/c1-14-3-5-16(12-17(14)23)25-20-26-21(28-22(27-20)30-7-9-35-10-8-30)29-24-13-15-4-6-19(34-2)18(11-15)31(32)33/h3-6,11-13H,7-10H2,1-2H3,(H2,25,26,27,28,29)/b24-13-. The third-order valence-corrected chi connectivity index (χ3v) is 5.53. The molecule has 13 heteroatoms. The molecule has 1 saturated heterocycles. The zero-order valence-corrected chi connectivity index (χ0v) is 19.8. The van der Waals surface area contributed by atoms with Crippen molar-refractivity contribution in [3.05, 3.63) is 62.7 Å². The minimum absolute atomic E-state index is 0.158. The monoisotopic (exact) mass is 498 g/mol. The van der Waals surface area contributed by atoms with E-state index in [1.807, 2.05) is 24.0 Å². The van der Waals surface area contributed by atoms with Gasteiger partial charge in [-0.05, 0) is 36.8 Å². The molecule has 2 N–H and O–H groups in total. The van der Waals surface area contributed by atoms with Crippen LogP contribution in [0.3, 0.4) is 0 Å². The van der Waals surface area contributed by atoms with Gasteiger partial charge in [0.15, 0.2) is 5.75 Å². The number of morpholine rings is 1. The van der Waals surface area contributed by atoms with E-state index in [4.69, 9.17) is 21.1 Å². The van der Waals surface area contributed by atoms with E-state index in [9.17, 15) is 10.1 Å². The van der Waals surface area contributed by atoms with Gasteiger partial charge in [0.05, 0.1) is 31.5 Å². The van der Waals surface area contributed by atoms with Gasteiger partial charge in [-0.3, -0.25) is 10.1 Å². The first-order valence-electron chi connectivity index (χ1n) is 10.7. The van der Waals surface area contributed by atoms with Crippen molar-refractivity contribution in [3.8, 4) is 5.75 Å². The van der Waals surface area contributed by atoms with Gasteiger partial charge in [-0.2, -0.15) is 20.1 Å². The minimum atomic E-state index is -0.514. The molecule has 1 aliphatic rings. The van der Waals surface area contributed by atoms with Gasteiger partial charge in [-0.25, -0.2) is 5.43 Å². The van der Waals surface area contributed by atoms with Gasteiger partial charge in [0, 0.05) is 35.4 Å². The van der Waals surface area contributed by atoms with Crippen LogP contribution in [0.1, 0.15) is 11.1 Å². The summed E-state index contributed by atoms with van der Waals surface area (Å²) in [6.45, 7) is 4.33. The normalized spacial score (nSPS) is 13.6. The molecule has 2 aromatic carbocycles. The lowest BCUT2D eigenvalue weighted by atomic mass is 10.2. The SMILES string of the molecule is COc1ccc(/C=N\Nc2nc(Nc3ccc(C)c(Cl)c3)nc(N3CCOCC3)n2)cc1[N+](=O)[O-]. The fraction of sp³-hybridized carbons (Fsp3) is 0.273. The number of aryl methyl sites for hydroxylation is 1. The Bertz CT molecular complexity index is 1250. The minimum Gasteiger partial charge on any atom is -0.490 e. The molecule has 0 unspecified atom stereocenters. The van der Waals surface area contributed by atoms with E-state index < -0.39 is 4.92 Å². The summed E-state index contributed by atoms with van der Waals surface area (Å²) in [6, 6.07) is 10.1. The molecule has 0 saturated carbocycles. The molecule has 0 radical (unpaired) electrons. The van der Waals surface area contributed by atoms with E-state index in [0.29, 0.717) is 48.8 Å². The van der Waals surface area contributed by atoms with Crippen LogP contribution in [0.4, 0.5) is 29.2 Å². The number of hydrogen-bond donors (Lipinski definition) is 2. The van der Waals surface area contributed by atoms with Crippen LogP contribution in [-0.2, 0) is 4.74 Å². The van der Waals surface area contributed by atoms with Gasteiger partial charge in [0.1, 0.15) is 0 Å². The maximum Gasteiger partial charge on any atom is 0.311 e. The van der Waals surface area contributed by atoms with Gasteiger partial charge >= 0.3 is 5.69 Å². The van der Waals surface area contributed by atoms with Crippen LogP contribution < -0.4 is 20.4 Å². The number of aromatic nitrogens is 3. The zero-order valence-electron chi connectivity index (χ0n) is 19.1. The van der Waals surface area contributed by atoms with Crippen LogP contribution >= 0.6 is 11.6 Å². The third kappa shape index (κ3) is 6.11. The summed E-state index contributed by atoms with van der Waals surface area (Å²) >= 11 is 6.24. The zero-order chi connectivity index (χ0) is 24.8. The van der Waals surface area contributed by atoms with Crippen molar-refractivity contribution in [2.24, 2.45) is 5.10 Å². The molecule has 0 amide bonds. The average Bonchev–Trinajstić information content (AvgIpc) is 2.86. The van der Waals surface area contributed by atoms with Crippen molar-refractivity contribution in [2.45, 2.75) is 6.92 Å². The third-order valence-electron chi connectivity index (χ3n) is 5.12. The maximum atomic E-state index is 11.3. The Hall–Kier alpha value is -4.03. The van der Waals surface area contributed by atoms with Crippen molar-refractivity contribution in [3.63, 3.8) is 0 Å². The van der Waals surface area contributed by atoms with Crippen LogP contribution in [0.5, 0.6) is 5.75 Å². The number of nitrogens with zero attached hydrogens (tertiary/aromatic N) is 6. The summed E-state index contributed by atoms with van der Waals surface area (Å²) in [5.41, 5.74) is 4.80. The molecule has 1 aliphatic heterocycles. The number of hydrazone groups is 1. The number of hydrogen-bond acceptors (Lipinski definition) is 11. The second kappa shape index (κ2) is 10.9. The van der Waals surface area contributed by atoms with Gasteiger partial charge in [0.25, 0.3) is 0 Å². The number of benzene rings is 2. The number of halogens is 1. The first-order valence-corrected chi connectivity index (χ1v) is 11.0. The Kier molecular flexibility index (Phi) is 7.53. The Morgan fingerprint density at radius 3 is 2.66 bits per heavy atom.